The first-order chi connectivity index (χ1) is 6.81. The van der Waals surface area contributed by atoms with Gasteiger partial charge in [-0.25, -0.2) is 0 Å². The van der Waals surface area contributed by atoms with E-state index in [0.717, 1.165) is 0 Å². The van der Waals surface area contributed by atoms with Crippen LogP contribution in [0.3, 0.4) is 0 Å². The molecule has 0 saturated carbocycles. The molecule has 0 saturated heterocycles. The maximum absolute atomic E-state index is 11.1. The number of ether oxygens (including phenoxy) is 1. The Hall–Kier alpha value is -0.660. The lowest BCUT2D eigenvalue weighted by molar-refractivity contribution is -0.110. The van der Waals surface area contributed by atoms with E-state index in [4.69, 9.17) is 15.7 Å². The summed E-state index contributed by atoms with van der Waals surface area (Å²) >= 11 is 1.19. The summed E-state index contributed by atoms with van der Waals surface area (Å²) in [7, 11) is 0. The fraction of sp³-hybridized carbons (Fsp3) is 0.857. The highest BCUT2D eigenvalue weighted by molar-refractivity contribution is 8.13. The van der Waals surface area contributed by atoms with Crippen molar-refractivity contribution in [2.75, 3.05) is 32.1 Å². The Bertz CT molecular complexity index is 178. The molecular weight excluding hydrogens is 206 g/mol. The molecule has 0 unspecified atom stereocenters. The number of rotatable bonds is 8. The Morgan fingerprint density at radius 2 is 2.29 bits per heavy atom. The topological polar surface area (TPSA) is 97.3 Å². The SMILES string of the molecule is NN=NCCC(=O)SCCOCCO. The maximum Gasteiger partial charge on any atom is 0.190 e. The van der Waals surface area contributed by atoms with E-state index < -0.39 is 0 Å². The Labute approximate surface area is 86.9 Å². The summed E-state index contributed by atoms with van der Waals surface area (Å²) in [6, 6.07) is 0. The summed E-state index contributed by atoms with van der Waals surface area (Å²) in [6.07, 6.45) is 0.339. The summed E-state index contributed by atoms with van der Waals surface area (Å²) in [4.78, 5) is 11.1. The van der Waals surface area contributed by atoms with Gasteiger partial charge in [0.1, 0.15) is 0 Å². The first-order valence-corrected chi connectivity index (χ1v) is 5.20. The molecule has 0 aromatic heterocycles. The van der Waals surface area contributed by atoms with Crippen molar-refractivity contribution < 1.29 is 14.6 Å². The molecule has 0 rings (SSSR count). The zero-order valence-corrected chi connectivity index (χ0v) is 8.70. The molecule has 0 spiro atoms. The third-order valence-corrected chi connectivity index (χ3v) is 2.12. The lowest BCUT2D eigenvalue weighted by atomic mass is 10.5. The number of hydrogen-bond acceptors (Lipinski definition) is 6. The molecule has 6 nitrogen and oxygen atoms in total. The van der Waals surface area contributed by atoms with Crippen molar-refractivity contribution in [2.24, 2.45) is 16.2 Å². The van der Waals surface area contributed by atoms with Gasteiger partial charge in [-0.2, -0.15) is 5.11 Å². The van der Waals surface area contributed by atoms with Crippen LogP contribution >= 0.6 is 11.8 Å². The van der Waals surface area contributed by atoms with Gasteiger partial charge in [-0.3, -0.25) is 4.79 Å². The lowest BCUT2D eigenvalue weighted by Crippen LogP contribution is -2.04. The molecule has 14 heavy (non-hydrogen) atoms. The average molecular weight is 221 g/mol. The highest BCUT2D eigenvalue weighted by Gasteiger charge is 2.01. The van der Waals surface area contributed by atoms with Crippen molar-refractivity contribution in [1.82, 2.24) is 0 Å². The zero-order chi connectivity index (χ0) is 10.6. The number of nitrogens with two attached hydrogens (primary N) is 1. The van der Waals surface area contributed by atoms with Crippen LogP contribution < -0.4 is 5.84 Å². The van der Waals surface area contributed by atoms with Crippen LogP contribution in [0.25, 0.3) is 0 Å². The van der Waals surface area contributed by atoms with Crippen LogP contribution in [0, 0.1) is 0 Å². The van der Waals surface area contributed by atoms with E-state index in [1.165, 1.54) is 11.8 Å². The van der Waals surface area contributed by atoms with Crippen molar-refractivity contribution in [2.45, 2.75) is 6.42 Å². The van der Waals surface area contributed by atoms with E-state index in [9.17, 15) is 4.79 Å². The van der Waals surface area contributed by atoms with Crippen LogP contribution in [0.2, 0.25) is 0 Å². The van der Waals surface area contributed by atoms with Crippen LogP contribution in [-0.4, -0.2) is 42.3 Å². The van der Waals surface area contributed by atoms with E-state index >= 15 is 0 Å². The molecule has 0 fully saturated rings. The Balaban J connectivity index is 3.18. The second-order valence-corrected chi connectivity index (χ2v) is 3.44. The standard InChI is InChI=1S/C7H15N3O3S/c8-10-9-2-1-7(12)14-6-5-13-4-3-11/h11H,1-6H2,(H2,8,9). The summed E-state index contributed by atoms with van der Waals surface area (Å²) < 4.78 is 4.97. The largest absolute Gasteiger partial charge is 0.394 e. The fourth-order valence-corrected chi connectivity index (χ4v) is 1.32. The normalized spacial score (nSPS) is 10.9. The second kappa shape index (κ2) is 10.4. The van der Waals surface area contributed by atoms with Crippen LogP contribution in [0.15, 0.2) is 10.3 Å². The minimum atomic E-state index is 0.00942. The first-order valence-electron chi connectivity index (χ1n) is 4.22. The molecule has 0 aromatic carbocycles. The number of carbonyl (C=O) groups is 1. The Kier molecular flexibility index (Phi) is 9.93. The molecular formula is C7H15N3O3S. The first kappa shape index (κ1) is 13.3. The van der Waals surface area contributed by atoms with Gasteiger partial charge in [-0.15, -0.1) is 0 Å². The summed E-state index contributed by atoms with van der Waals surface area (Å²) in [6.45, 7) is 1.13. The molecule has 0 atom stereocenters. The van der Waals surface area contributed by atoms with E-state index in [-0.39, 0.29) is 11.7 Å². The lowest BCUT2D eigenvalue weighted by Gasteiger charge is -2.00. The van der Waals surface area contributed by atoms with Crippen molar-refractivity contribution in [1.29, 1.82) is 0 Å². The van der Waals surface area contributed by atoms with Crippen molar-refractivity contribution in [3.8, 4) is 0 Å². The monoisotopic (exact) mass is 221 g/mol. The molecule has 0 aliphatic rings. The van der Waals surface area contributed by atoms with Crippen molar-refractivity contribution >= 4 is 16.9 Å². The molecule has 0 aromatic rings. The fourth-order valence-electron chi connectivity index (χ4n) is 0.652. The molecule has 7 heteroatoms. The summed E-state index contributed by atoms with van der Waals surface area (Å²) in [5.74, 6) is 5.36. The summed E-state index contributed by atoms with van der Waals surface area (Å²) in [5.41, 5.74) is 0. The van der Waals surface area contributed by atoms with E-state index in [1.54, 1.807) is 0 Å². The minimum Gasteiger partial charge on any atom is -0.394 e. The second-order valence-electron chi connectivity index (χ2n) is 2.29. The smallest absolute Gasteiger partial charge is 0.190 e. The number of aliphatic hydroxyl groups is 1. The van der Waals surface area contributed by atoms with Crippen LogP contribution in [-0.2, 0) is 9.53 Å². The predicted molar refractivity (Wildman–Crippen MR) is 53.9 cm³/mol. The quantitative estimate of drug-likeness (QED) is 0.260. The van der Waals surface area contributed by atoms with Gasteiger partial charge in [0, 0.05) is 12.2 Å². The van der Waals surface area contributed by atoms with E-state index in [2.05, 4.69) is 10.3 Å². The van der Waals surface area contributed by atoms with Gasteiger partial charge in [0.2, 0.25) is 0 Å². The Morgan fingerprint density at radius 1 is 1.50 bits per heavy atom. The van der Waals surface area contributed by atoms with Gasteiger partial charge in [-0.05, 0) is 0 Å². The third kappa shape index (κ3) is 9.43. The number of nitrogens with zero attached hydrogens (tertiary/aromatic N) is 2. The molecule has 0 amide bonds. The number of thioether (sulfide) groups is 1. The van der Waals surface area contributed by atoms with Crippen molar-refractivity contribution in [3.05, 3.63) is 0 Å². The number of hydrogen-bond donors (Lipinski definition) is 2. The molecule has 82 valence electrons. The van der Waals surface area contributed by atoms with Gasteiger partial charge >= 0.3 is 0 Å². The highest BCUT2D eigenvalue weighted by Crippen LogP contribution is 2.04. The van der Waals surface area contributed by atoms with Crippen LogP contribution in [0.5, 0.6) is 0 Å². The molecule has 0 radical (unpaired) electrons. The predicted octanol–water partition coefficient (Wildman–Crippen LogP) is -0.0289. The van der Waals surface area contributed by atoms with Gasteiger partial charge in [-0.1, -0.05) is 17.0 Å². The van der Waals surface area contributed by atoms with Gasteiger partial charge in [0.25, 0.3) is 0 Å². The van der Waals surface area contributed by atoms with Crippen LogP contribution in [0.1, 0.15) is 6.42 Å². The molecule has 0 aliphatic carbocycles. The van der Waals surface area contributed by atoms with E-state index in [1.807, 2.05) is 0 Å². The van der Waals surface area contributed by atoms with Gasteiger partial charge < -0.3 is 15.7 Å². The minimum absolute atomic E-state index is 0.00942. The van der Waals surface area contributed by atoms with Gasteiger partial charge in [0.15, 0.2) is 5.12 Å². The van der Waals surface area contributed by atoms with Crippen LogP contribution in [0.4, 0.5) is 0 Å². The van der Waals surface area contributed by atoms with E-state index in [0.29, 0.717) is 31.9 Å². The number of carbonyl (C=O) groups excluding carboxylic acids is 1. The van der Waals surface area contributed by atoms with Crippen molar-refractivity contribution in [3.63, 3.8) is 0 Å². The molecule has 0 heterocycles. The molecule has 0 bridgehead atoms. The molecule has 3 N–H and O–H groups in total. The maximum atomic E-state index is 11.1. The molecule has 0 aliphatic heterocycles. The number of aliphatic hydroxyl groups excluding tert-OH is 1. The summed E-state index contributed by atoms with van der Waals surface area (Å²) in [5, 5.41) is 14.9. The Morgan fingerprint density at radius 3 is 2.93 bits per heavy atom. The third-order valence-electron chi connectivity index (χ3n) is 1.22. The van der Waals surface area contributed by atoms with Gasteiger partial charge in [0.05, 0.1) is 26.4 Å². The zero-order valence-electron chi connectivity index (χ0n) is 7.89. The highest BCUT2D eigenvalue weighted by atomic mass is 32.2. The average Bonchev–Trinajstić information content (AvgIpc) is 2.18.